The molecule has 1 atom stereocenters. The predicted molar refractivity (Wildman–Crippen MR) is 62.6 cm³/mol. The lowest BCUT2D eigenvalue weighted by Gasteiger charge is -2.27. The van der Waals surface area contributed by atoms with Gasteiger partial charge in [0.2, 0.25) is 0 Å². The first-order valence-electron chi connectivity index (χ1n) is 6.24. The molecule has 1 aromatic carbocycles. The van der Waals surface area contributed by atoms with Crippen LogP contribution in [-0.4, -0.2) is 5.11 Å². The van der Waals surface area contributed by atoms with E-state index in [1.54, 1.807) is 6.92 Å². The number of halogens is 2. The van der Waals surface area contributed by atoms with E-state index in [0.717, 1.165) is 32.1 Å². The minimum atomic E-state index is -1.00. The van der Waals surface area contributed by atoms with Crippen LogP contribution in [0.2, 0.25) is 0 Å². The second-order valence-corrected chi connectivity index (χ2v) is 4.93. The summed E-state index contributed by atoms with van der Waals surface area (Å²) in [6.45, 7) is 1.59. The Balaban J connectivity index is 2.29. The number of benzene rings is 1. The van der Waals surface area contributed by atoms with Crippen LogP contribution in [0.4, 0.5) is 8.78 Å². The fraction of sp³-hybridized carbons (Fsp3) is 0.571. The number of hydrogen-bond donors (Lipinski definition) is 1. The number of rotatable bonds is 2. The zero-order valence-corrected chi connectivity index (χ0v) is 10.0. The Kier molecular flexibility index (Phi) is 3.77. The first-order chi connectivity index (χ1) is 8.11. The lowest BCUT2D eigenvalue weighted by Crippen LogP contribution is -2.18. The largest absolute Gasteiger partial charge is 0.388 e. The number of hydrogen-bond acceptors (Lipinski definition) is 1. The van der Waals surface area contributed by atoms with Crippen molar-refractivity contribution in [1.29, 1.82) is 0 Å². The van der Waals surface area contributed by atoms with E-state index in [1.165, 1.54) is 12.1 Å². The van der Waals surface area contributed by atoms with Crippen molar-refractivity contribution in [2.45, 2.75) is 45.1 Å². The van der Waals surface area contributed by atoms with Crippen LogP contribution in [0.3, 0.4) is 0 Å². The zero-order chi connectivity index (χ0) is 12.4. The molecule has 0 aliphatic heterocycles. The molecule has 1 aliphatic carbocycles. The van der Waals surface area contributed by atoms with Crippen molar-refractivity contribution >= 4 is 0 Å². The normalized spacial score (nSPS) is 19.3. The molecular formula is C14H18F2O. The van der Waals surface area contributed by atoms with Crippen molar-refractivity contribution in [1.82, 2.24) is 0 Å². The Hall–Kier alpha value is -0.960. The summed E-state index contributed by atoms with van der Waals surface area (Å²) in [5.74, 6) is -1.23. The molecular weight excluding hydrogens is 222 g/mol. The third kappa shape index (κ3) is 2.49. The Bertz CT molecular complexity index is 397. The van der Waals surface area contributed by atoms with E-state index in [0.29, 0.717) is 5.56 Å². The van der Waals surface area contributed by atoms with Crippen LogP contribution in [0.15, 0.2) is 12.1 Å². The summed E-state index contributed by atoms with van der Waals surface area (Å²) in [6.07, 6.45) is 3.94. The maximum Gasteiger partial charge on any atom is 0.134 e. The molecule has 0 radical (unpaired) electrons. The predicted octanol–water partition coefficient (Wildman–Crippen LogP) is 3.89. The van der Waals surface area contributed by atoms with Gasteiger partial charge in [-0.3, -0.25) is 0 Å². The summed E-state index contributed by atoms with van der Waals surface area (Å²) in [7, 11) is 0. The highest BCUT2D eigenvalue weighted by Gasteiger charge is 2.28. The van der Waals surface area contributed by atoms with Crippen molar-refractivity contribution in [3.8, 4) is 0 Å². The van der Waals surface area contributed by atoms with Crippen molar-refractivity contribution in [2.24, 2.45) is 5.92 Å². The van der Waals surface area contributed by atoms with Gasteiger partial charge in [0.25, 0.3) is 0 Å². The zero-order valence-electron chi connectivity index (χ0n) is 10.0. The maximum absolute atomic E-state index is 13.9. The molecule has 0 saturated heterocycles. The molecule has 1 N–H and O–H groups in total. The first-order valence-corrected chi connectivity index (χ1v) is 6.24. The van der Waals surface area contributed by atoms with E-state index in [2.05, 4.69) is 0 Å². The third-order valence-electron chi connectivity index (χ3n) is 3.71. The second kappa shape index (κ2) is 5.13. The summed E-state index contributed by atoms with van der Waals surface area (Å²) in [6, 6.07) is 2.64. The molecule has 17 heavy (non-hydrogen) atoms. The smallest absolute Gasteiger partial charge is 0.134 e. The van der Waals surface area contributed by atoms with Crippen LogP contribution in [0.5, 0.6) is 0 Å². The monoisotopic (exact) mass is 240 g/mol. The lowest BCUT2D eigenvalue weighted by molar-refractivity contribution is 0.0780. The van der Waals surface area contributed by atoms with Crippen LogP contribution in [0, 0.1) is 24.5 Å². The van der Waals surface area contributed by atoms with Gasteiger partial charge in [-0.1, -0.05) is 25.3 Å². The number of aliphatic hydroxyl groups is 1. The van der Waals surface area contributed by atoms with Crippen molar-refractivity contribution in [2.75, 3.05) is 0 Å². The molecule has 1 aliphatic rings. The molecule has 1 fully saturated rings. The molecule has 0 spiro atoms. The van der Waals surface area contributed by atoms with E-state index >= 15 is 0 Å². The summed E-state index contributed by atoms with van der Waals surface area (Å²) < 4.78 is 27.5. The van der Waals surface area contributed by atoms with Gasteiger partial charge in [-0.05, 0) is 37.3 Å². The average molecular weight is 240 g/mol. The molecule has 0 aromatic heterocycles. The molecule has 0 amide bonds. The minimum absolute atomic E-state index is 0.00505. The van der Waals surface area contributed by atoms with Crippen molar-refractivity contribution in [3.05, 3.63) is 34.9 Å². The molecule has 94 valence electrons. The van der Waals surface area contributed by atoms with Gasteiger partial charge in [-0.25, -0.2) is 8.78 Å². The summed E-state index contributed by atoms with van der Waals surface area (Å²) >= 11 is 0. The molecule has 3 heteroatoms. The van der Waals surface area contributed by atoms with E-state index in [-0.39, 0.29) is 11.5 Å². The second-order valence-electron chi connectivity index (χ2n) is 4.93. The van der Waals surface area contributed by atoms with Crippen LogP contribution >= 0.6 is 0 Å². The van der Waals surface area contributed by atoms with Crippen LogP contribution in [0.1, 0.15) is 49.3 Å². The van der Waals surface area contributed by atoms with Crippen LogP contribution in [-0.2, 0) is 0 Å². The summed E-state index contributed by atoms with van der Waals surface area (Å²) in [5, 5.41) is 10.2. The highest BCUT2D eigenvalue weighted by Crippen LogP contribution is 2.36. The van der Waals surface area contributed by atoms with E-state index < -0.39 is 17.7 Å². The summed E-state index contributed by atoms with van der Waals surface area (Å²) in [4.78, 5) is 0. The van der Waals surface area contributed by atoms with Crippen LogP contribution in [0.25, 0.3) is 0 Å². The van der Waals surface area contributed by atoms with Gasteiger partial charge in [-0.2, -0.15) is 0 Å². The first kappa shape index (κ1) is 12.5. The lowest BCUT2D eigenvalue weighted by atomic mass is 9.82. The molecule has 0 bridgehead atoms. The highest BCUT2D eigenvalue weighted by atomic mass is 19.1. The molecule has 1 unspecified atom stereocenters. The van der Waals surface area contributed by atoms with Gasteiger partial charge in [0.05, 0.1) is 11.7 Å². The van der Waals surface area contributed by atoms with E-state index in [4.69, 9.17) is 0 Å². The quantitative estimate of drug-likeness (QED) is 0.831. The maximum atomic E-state index is 13.9. The Labute approximate surface area is 100 Å². The number of aryl methyl sites for hydroxylation is 1. The van der Waals surface area contributed by atoms with Gasteiger partial charge in [0, 0.05) is 0 Å². The van der Waals surface area contributed by atoms with Gasteiger partial charge < -0.3 is 5.11 Å². The third-order valence-corrected chi connectivity index (χ3v) is 3.71. The molecule has 1 nitrogen and oxygen atoms in total. The average Bonchev–Trinajstić information content (AvgIpc) is 2.35. The highest BCUT2D eigenvalue weighted by molar-refractivity contribution is 5.28. The van der Waals surface area contributed by atoms with Gasteiger partial charge >= 0.3 is 0 Å². The van der Waals surface area contributed by atoms with Gasteiger partial charge in [-0.15, -0.1) is 0 Å². The van der Waals surface area contributed by atoms with E-state index in [9.17, 15) is 13.9 Å². The van der Waals surface area contributed by atoms with Crippen molar-refractivity contribution < 1.29 is 13.9 Å². The summed E-state index contributed by atoms with van der Waals surface area (Å²) in [5.41, 5.74) is 0.244. The fourth-order valence-corrected chi connectivity index (χ4v) is 2.64. The molecule has 2 rings (SSSR count). The standard InChI is InChI=1S/C14H18F2O/c1-9-7-8-11(15)12(13(9)16)14(17)10-5-3-2-4-6-10/h7-8,10,14,17H,2-6H2,1H3. The van der Waals surface area contributed by atoms with E-state index in [1.807, 2.05) is 0 Å². The van der Waals surface area contributed by atoms with Crippen LogP contribution < -0.4 is 0 Å². The molecule has 0 heterocycles. The topological polar surface area (TPSA) is 20.2 Å². The fourth-order valence-electron chi connectivity index (χ4n) is 2.64. The number of aliphatic hydroxyl groups excluding tert-OH is 1. The Morgan fingerprint density at radius 3 is 2.47 bits per heavy atom. The van der Waals surface area contributed by atoms with Gasteiger partial charge in [0.15, 0.2) is 0 Å². The molecule has 1 saturated carbocycles. The Morgan fingerprint density at radius 1 is 1.18 bits per heavy atom. The van der Waals surface area contributed by atoms with Gasteiger partial charge in [0.1, 0.15) is 11.6 Å². The SMILES string of the molecule is Cc1ccc(F)c(C(O)C2CCCCC2)c1F. The Morgan fingerprint density at radius 2 is 1.82 bits per heavy atom. The van der Waals surface area contributed by atoms with Crippen molar-refractivity contribution in [3.63, 3.8) is 0 Å². The minimum Gasteiger partial charge on any atom is -0.388 e. The molecule has 1 aromatic rings.